The van der Waals surface area contributed by atoms with Gasteiger partial charge < -0.3 is 14.4 Å². The molecular weight excluding hydrogens is 306 g/mol. The zero-order valence-electron chi connectivity index (χ0n) is 10.3. The third-order valence-electron chi connectivity index (χ3n) is 2.39. The molecule has 0 spiro atoms. The summed E-state index contributed by atoms with van der Waals surface area (Å²) in [6, 6.07) is -0.637. The second-order valence-electron chi connectivity index (χ2n) is 5.12. The molecule has 0 aromatic rings. The van der Waals surface area contributed by atoms with E-state index >= 15 is 0 Å². The molecule has 98 valence electrons. The maximum absolute atomic E-state index is 11.9. The van der Waals surface area contributed by atoms with Crippen molar-refractivity contribution in [1.82, 2.24) is 4.90 Å². The summed E-state index contributed by atoms with van der Waals surface area (Å²) >= 11 is 3.07. The van der Waals surface area contributed by atoms with Crippen LogP contribution in [0, 0.1) is 0 Å². The van der Waals surface area contributed by atoms with Gasteiger partial charge in [-0.05, 0) is 19.6 Å². The Bertz CT molecular complexity index is 318. The van der Waals surface area contributed by atoms with E-state index in [4.69, 9.17) is 4.43 Å². The van der Waals surface area contributed by atoms with E-state index in [0.717, 1.165) is 0 Å². The minimum atomic E-state index is -1.97. The largest absolute Gasteiger partial charge is 0.518 e. The Balaban J connectivity index is 2.73. The van der Waals surface area contributed by atoms with Crippen LogP contribution in [-0.2, 0) is 14.0 Å². The topological polar surface area (TPSA) is 66.8 Å². The maximum Gasteiger partial charge on any atom is 0.315 e. The first-order valence-corrected chi connectivity index (χ1v) is 10.0. The fourth-order valence-corrected chi connectivity index (χ4v) is 2.82. The van der Waals surface area contributed by atoms with Gasteiger partial charge in [0.15, 0.2) is 0 Å². The third kappa shape index (κ3) is 4.08. The normalized spacial score (nSPS) is 24.9. The van der Waals surface area contributed by atoms with Gasteiger partial charge in [-0.15, -0.1) is 0 Å². The highest BCUT2D eigenvalue weighted by molar-refractivity contribution is 9.09. The van der Waals surface area contributed by atoms with Crippen LogP contribution in [0.5, 0.6) is 0 Å². The standard InChI is InChI=1S/C10H18BrNO4Si/c1-17(2,3)16-10(15)8-4-7(13)6-12(8)9(14)5-11/h7-8,13H,4-6H2,1-3H3/t7-,8+/m1/s1. The SMILES string of the molecule is C[Si](C)(C)OC(=O)[C@@H]1C[C@@H](O)CN1C(=O)CBr. The molecule has 5 nitrogen and oxygen atoms in total. The number of halogens is 1. The van der Waals surface area contributed by atoms with Gasteiger partial charge >= 0.3 is 5.97 Å². The number of nitrogens with zero attached hydrogens (tertiary/aromatic N) is 1. The van der Waals surface area contributed by atoms with E-state index in [1.165, 1.54) is 4.90 Å². The van der Waals surface area contributed by atoms with Crippen molar-refractivity contribution < 1.29 is 19.1 Å². The fourth-order valence-electron chi connectivity index (χ4n) is 1.76. The monoisotopic (exact) mass is 323 g/mol. The first-order valence-electron chi connectivity index (χ1n) is 5.51. The van der Waals surface area contributed by atoms with Crippen LogP contribution in [-0.4, -0.2) is 54.2 Å². The number of aliphatic hydroxyl groups excluding tert-OH is 1. The zero-order chi connectivity index (χ0) is 13.2. The first-order chi connectivity index (χ1) is 7.74. The van der Waals surface area contributed by atoms with Gasteiger partial charge in [-0.3, -0.25) is 9.59 Å². The summed E-state index contributed by atoms with van der Waals surface area (Å²) in [4.78, 5) is 24.9. The molecule has 0 aromatic heterocycles. The average molecular weight is 324 g/mol. The predicted octanol–water partition coefficient (Wildman–Crippen LogP) is 0.721. The lowest BCUT2D eigenvalue weighted by Crippen LogP contribution is -2.45. The lowest BCUT2D eigenvalue weighted by atomic mass is 10.2. The van der Waals surface area contributed by atoms with E-state index in [-0.39, 0.29) is 24.2 Å². The average Bonchev–Trinajstić information content (AvgIpc) is 2.56. The number of likely N-dealkylation sites (tertiary alicyclic amines) is 1. The van der Waals surface area contributed by atoms with Gasteiger partial charge in [-0.2, -0.15) is 0 Å². The molecule has 1 amide bonds. The summed E-state index contributed by atoms with van der Waals surface area (Å²) in [6.45, 7) is 5.93. The Hall–Kier alpha value is -0.403. The molecule has 17 heavy (non-hydrogen) atoms. The molecule has 0 bridgehead atoms. The van der Waals surface area contributed by atoms with Gasteiger partial charge in [0.2, 0.25) is 14.2 Å². The van der Waals surface area contributed by atoms with Crippen LogP contribution < -0.4 is 0 Å². The van der Waals surface area contributed by atoms with Gasteiger partial charge in [-0.25, -0.2) is 0 Å². The van der Waals surface area contributed by atoms with E-state index in [1.54, 1.807) is 0 Å². The number of aliphatic hydroxyl groups is 1. The highest BCUT2D eigenvalue weighted by Crippen LogP contribution is 2.21. The molecule has 0 unspecified atom stereocenters. The van der Waals surface area contributed by atoms with Gasteiger partial charge in [0, 0.05) is 13.0 Å². The van der Waals surface area contributed by atoms with E-state index in [9.17, 15) is 14.7 Å². The molecule has 0 radical (unpaired) electrons. The van der Waals surface area contributed by atoms with Crippen molar-refractivity contribution in [3.63, 3.8) is 0 Å². The highest BCUT2D eigenvalue weighted by Gasteiger charge is 2.40. The Morgan fingerprint density at radius 2 is 2.06 bits per heavy atom. The molecule has 7 heteroatoms. The van der Waals surface area contributed by atoms with Crippen molar-refractivity contribution in [2.24, 2.45) is 0 Å². The molecule has 2 atom stereocenters. The fraction of sp³-hybridized carbons (Fsp3) is 0.800. The number of carbonyl (C=O) groups is 2. The molecule has 0 aliphatic carbocycles. The minimum absolute atomic E-state index is 0.149. The lowest BCUT2D eigenvalue weighted by Gasteiger charge is -2.26. The third-order valence-corrected chi connectivity index (χ3v) is 3.69. The summed E-state index contributed by atoms with van der Waals surface area (Å²) in [5.41, 5.74) is 0. The number of β-amino-alcohol motifs (C(OH)–C–C–N with tert-alkyl or cyclic N) is 1. The number of carbonyl (C=O) groups excluding carboxylic acids is 2. The molecular formula is C10H18BrNO4Si. The van der Waals surface area contributed by atoms with Crippen LogP contribution in [0.4, 0.5) is 0 Å². The van der Waals surface area contributed by atoms with Crippen LogP contribution in [0.25, 0.3) is 0 Å². The predicted molar refractivity (Wildman–Crippen MR) is 69.4 cm³/mol. The number of rotatable bonds is 3. The maximum atomic E-state index is 11.9. The van der Waals surface area contributed by atoms with Crippen molar-refractivity contribution in [2.45, 2.75) is 38.2 Å². The van der Waals surface area contributed by atoms with Crippen LogP contribution in [0.15, 0.2) is 0 Å². The summed E-state index contributed by atoms with van der Waals surface area (Å²) in [5, 5.41) is 9.71. The van der Waals surface area contributed by atoms with Crippen molar-refractivity contribution in [1.29, 1.82) is 0 Å². The molecule has 1 rings (SSSR count). The highest BCUT2D eigenvalue weighted by atomic mass is 79.9. The van der Waals surface area contributed by atoms with Gasteiger partial charge in [0.05, 0.1) is 11.4 Å². The summed E-state index contributed by atoms with van der Waals surface area (Å²) < 4.78 is 5.37. The van der Waals surface area contributed by atoms with E-state index in [0.29, 0.717) is 0 Å². The van der Waals surface area contributed by atoms with E-state index < -0.39 is 26.4 Å². The van der Waals surface area contributed by atoms with Crippen LogP contribution >= 0.6 is 15.9 Å². The molecule has 1 aliphatic heterocycles. The van der Waals surface area contributed by atoms with E-state index in [1.807, 2.05) is 19.6 Å². The molecule has 0 aromatic carbocycles. The molecule has 1 aliphatic rings. The van der Waals surface area contributed by atoms with Crippen molar-refractivity contribution in [2.75, 3.05) is 11.9 Å². The molecule has 1 fully saturated rings. The Labute approximate surface area is 110 Å². The van der Waals surface area contributed by atoms with Crippen molar-refractivity contribution >= 4 is 36.1 Å². The second kappa shape index (κ2) is 5.49. The summed E-state index contributed by atoms with van der Waals surface area (Å²) in [5.74, 6) is -0.589. The van der Waals surface area contributed by atoms with Crippen molar-refractivity contribution in [3.8, 4) is 0 Å². The van der Waals surface area contributed by atoms with Crippen LogP contribution in [0.1, 0.15) is 6.42 Å². The summed E-state index contributed by atoms with van der Waals surface area (Å²) in [7, 11) is -1.97. The molecule has 1 heterocycles. The molecule has 0 saturated carbocycles. The second-order valence-corrected chi connectivity index (χ2v) is 10.1. The van der Waals surface area contributed by atoms with Gasteiger partial charge in [-0.1, -0.05) is 15.9 Å². The van der Waals surface area contributed by atoms with E-state index in [2.05, 4.69) is 15.9 Å². The van der Waals surface area contributed by atoms with Crippen LogP contribution in [0.3, 0.4) is 0 Å². The lowest BCUT2D eigenvalue weighted by molar-refractivity contribution is -0.145. The molecule has 1 N–H and O–H groups in total. The number of alkyl halides is 1. The van der Waals surface area contributed by atoms with Crippen molar-refractivity contribution in [3.05, 3.63) is 0 Å². The zero-order valence-corrected chi connectivity index (χ0v) is 12.9. The summed E-state index contributed by atoms with van der Waals surface area (Å²) in [6.07, 6.45) is -0.376. The number of hydrogen-bond acceptors (Lipinski definition) is 4. The smallest absolute Gasteiger partial charge is 0.315 e. The van der Waals surface area contributed by atoms with Crippen LogP contribution in [0.2, 0.25) is 19.6 Å². The Morgan fingerprint density at radius 1 is 1.47 bits per heavy atom. The van der Waals surface area contributed by atoms with Gasteiger partial charge in [0.25, 0.3) is 0 Å². The minimum Gasteiger partial charge on any atom is -0.518 e. The van der Waals surface area contributed by atoms with Gasteiger partial charge in [0.1, 0.15) is 6.04 Å². The first kappa shape index (κ1) is 14.7. The Kier molecular flexibility index (Phi) is 4.74. The Morgan fingerprint density at radius 3 is 2.53 bits per heavy atom. The number of amides is 1. The number of hydrogen-bond donors (Lipinski definition) is 1. The molecule has 1 saturated heterocycles. The quantitative estimate of drug-likeness (QED) is 0.614.